The topological polar surface area (TPSA) is 82.1 Å². The SMILES string of the molecule is O=[N+]([O-])c1ccc(CSc2nnc(-c3ccc(F)cc3)o2)cc1. The summed E-state index contributed by atoms with van der Waals surface area (Å²) in [5.74, 6) is 0.528. The van der Waals surface area contributed by atoms with Crippen LogP contribution in [-0.2, 0) is 5.75 Å². The van der Waals surface area contributed by atoms with Gasteiger partial charge >= 0.3 is 0 Å². The average Bonchev–Trinajstić information content (AvgIpc) is 3.03. The Morgan fingerprint density at radius 1 is 1.09 bits per heavy atom. The minimum absolute atomic E-state index is 0.0511. The van der Waals surface area contributed by atoms with Crippen LogP contribution < -0.4 is 0 Å². The van der Waals surface area contributed by atoms with E-state index in [-0.39, 0.29) is 11.5 Å². The molecule has 0 spiro atoms. The molecule has 0 radical (unpaired) electrons. The highest BCUT2D eigenvalue weighted by Gasteiger charge is 2.10. The molecule has 0 saturated heterocycles. The van der Waals surface area contributed by atoms with Gasteiger partial charge in [0.2, 0.25) is 5.89 Å². The molecule has 0 aliphatic heterocycles. The summed E-state index contributed by atoms with van der Waals surface area (Å²) in [7, 11) is 0. The molecular formula is C15H10FN3O3S. The number of non-ortho nitro benzene ring substituents is 1. The Balaban J connectivity index is 1.65. The molecule has 0 bridgehead atoms. The molecule has 6 nitrogen and oxygen atoms in total. The lowest BCUT2D eigenvalue weighted by Gasteiger charge is -1.98. The van der Waals surface area contributed by atoms with Gasteiger partial charge in [-0.25, -0.2) is 4.39 Å². The van der Waals surface area contributed by atoms with Gasteiger partial charge in [-0.05, 0) is 29.8 Å². The van der Waals surface area contributed by atoms with Crippen LogP contribution in [0.1, 0.15) is 5.56 Å². The lowest BCUT2D eigenvalue weighted by Crippen LogP contribution is -1.88. The molecule has 0 unspecified atom stereocenters. The lowest BCUT2D eigenvalue weighted by atomic mass is 10.2. The second-order valence-corrected chi connectivity index (χ2v) is 5.52. The monoisotopic (exact) mass is 331 g/mol. The maximum absolute atomic E-state index is 12.9. The first kappa shape index (κ1) is 15.2. The van der Waals surface area contributed by atoms with Gasteiger partial charge in [0.25, 0.3) is 10.9 Å². The summed E-state index contributed by atoms with van der Waals surface area (Å²) in [6.45, 7) is 0. The number of hydrogen-bond acceptors (Lipinski definition) is 6. The number of aromatic nitrogens is 2. The molecule has 8 heteroatoms. The quantitative estimate of drug-likeness (QED) is 0.398. The maximum Gasteiger partial charge on any atom is 0.277 e. The van der Waals surface area contributed by atoms with E-state index in [9.17, 15) is 14.5 Å². The lowest BCUT2D eigenvalue weighted by molar-refractivity contribution is -0.384. The van der Waals surface area contributed by atoms with E-state index in [0.717, 1.165) is 5.56 Å². The first-order chi connectivity index (χ1) is 11.1. The van der Waals surface area contributed by atoms with Gasteiger partial charge in [-0.2, -0.15) is 0 Å². The van der Waals surface area contributed by atoms with Crippen LogP contribution in [0.4, 0.5) is 10.1 Å². The molecule has 0 aliphatic carbocycles. The molecule has 0 N–H and O–H groups in total. The van der Waals surface area contributed by atoms with Crippen molar-refractivity contribution in [3.05, 3.63) is 70.0 Å². The number of nitrogens with zero attached hydrogens (tertiary/aromatic N) is 3. The Labute approximate surface area is 134 Å². The Morgan fingerprint density at radius 2 is 1.78 bits per heavy atom. The van der Waals surface area contributed by atoms with Crippen molar-refractivity contribution in [1.29, 1.82) is 0 Å². The Kier molecular flexibility index (Phi) is 4.33. The molecule has 0 aliphatic rings. The van der Waals surface area contributed by atoms with Crippen molar-refractivity contribution in [1.82, 2.24) is 10.2 Å². The Morgan fingerprint density at radius 3 is 2.43 bits per heavy atom. The van der Waals surface area contributed by atoms with E-state index in [1.165, 1.54) is 36.0 Å². The first-order valence-electron chi connectivity index (χ1n) is 6.57. The predicted octanol–water partition coefficient (Wildman–Crippen LogP) is 4.08. The van der Waals surface area contributed by atoms with Crippen molar-refractivity contribution in [2.45, 2.75) is 11.0 Å². The van der Waals surface area contributed by atoms with Crippen molar-refractivity contribution < 1.29 is 13.7 Å². The first-order valence-corrected chi connectivity index (χ1v) is 7.56. The van der Waals surface area contributed by atoms with E-state index in [2.05, 4.69) is 10.2 Å². The summed E-state index contributed by atoms with van der Waals surface area (Å²) in [6.07, 6.45) is 0. The van der Waals surface area contributed by atoms with Crippen LogP contribution in [-0.4, -0.2) is 15.1 Å². The van der Waals surface area contributed by atoms with Gasteiger partial charge in [0, 0.05) is 23.4 Å². The number of nitro groups is 1. The van der Waals surface area contributed by atoms with Crippen molar-refractivity contribution in [2.75, 3.05) is 0 Å². The summed E-state index contributed by atoms with van der Waals surface area (Å²) in [6, 6.07) is 12.0. The smallest absolute Gasteiger partial charge is 0.277 e. The highest BCUT2D eigenvalue weighted by atomic mass is 32.2. The highest BCUT2D eigenvalue weighted by Crippen LogP contribution is 2.26. The molecule has 23 heavy (non-hydrogen) atoms. The third kappa shape index (κ3) is 3.72. The number of rotatable bonds is 5. The summed E-state index contributed by atoms with van der Waals surface area (Å²) in [4.78, 5) is 10.2. The summed E-state index contributed by atoms with van der Waals surface area (Å²) >= 11 is 1.32. The van der Waals surface area contributed by atoms with Crippen molar-refractivity contribution >= 4 is 17.4 Å². The molecule has 0 atom stereocenters. The molecule has 0 saturated carbocycles. The number of thioether (sulfide) groups is 1. The summed E-state index contributed by atoms with van der Waals surface area (Å²) in [5.41, 5.74) is 1.60. The fraction of sp³-hybridized carbons (Fsp3) is 0.0667. The summed E-state index contributed by atoms with van der Waals surface area (Å²) in [5, 5.41) is 18.8. The maximum atomic E-state index is 12.9. The Bertz CT molecular complexity index is 819. The van der Waals surface area contributed by atoms with Crippen LogP contribution in [0.15, 0.2) is 58.2 Å². The zero-order valence-electron chi connectivity index (χ0n) is 11.7. The largest absolute Gasteiger partial charge is 0.411 e. The van der Waals surface area contributed by atoms with Gasteiger partial charge in [0.05, 0.1) is 4.92 Å². The molecule has 0 fully saturated rings. The van der Waals surface area contributed by atoms with E-state index in [1.807, 2.05) is 0 Å². The number of halogens is 1. The van der Waals surface area contributed by atoms with Crippen LogP contribution in [0.2, 0.25) is 0 Å². The van der Waals surface area contributed by atoms with Gasteiger partial charge in [-0.15, -0.1) is 10.2 Å². The van der Waals surface area contributed by atoms with Gasteiger partial charge in [0.15, 0.2) is 0 Å². The van der Waals surface area contributed by atoms with Gasteiger partial charge in [-0.1, -0.05) is 23.9 Å². The van der Waals surface area contributed by atoms with E-state index in [0.29, 0.717) is 22.4 Å². The second kappa shape index (κ2) is 6.57. The van der Waals surface area contributed by atoms with Gasteiger partial charge in [0.1, 0.15) is 5.82 Å². The van der Waals surface area contributed by atoms with Crippen molar-refractivity contribution in [3.8, 4) is 11.5 Å². The molecule has 3 rings (SSSR count). The zero-order valence-corrected chi connectivity index (χ0v) is 12.5. The average molecular weight is 331 g/mol. The number of benzene rings is 2. The summed E-state index contributed by atoms with van der Waals surface area (Å²) < 4.78 is 18.4. The van der Waals surface area contributed by atoms with Crippen molar-refractivity contribution in [2.24, 2.45) is 0 Å². The molecule has 116 valence electrons. The van der Waals surface area contributed by atoms with E-state index in [4.69, 9.17) is 4.42 Å². The van der Waals surface area contributed by atoms with Gasteiger partial charge < -0.3 is 4.42 Å². The fourth-order valence-corrected chi connectivity index (χ4v) is 2.56. The molecule has 3 aromatic rings. The third-order valence-corrected chi connectivity index (χ3v) is 3.90. The zero-order chi connectivity index (χ0) is 16.2. The van der Waals surface area contributed by atoms with E-state index >= 15 is 0 Å². The number of nitro benzene ring substituents is 1. The van der Waals surface area contributed by atoms with Crippen molar-refractivity contribution in [3.63, 3.8) is 0 Å². The van der Waals surface area contributed by atoms with Crippen LogP contribution in [0.3, 0.4) is 0 Å². The normalized spacial score (nSPS) is 10.7. The molecule has 0 amide bonds. The number of hydrogen-bond donors (Lipinski definition) is 0. The standard InChI is InChI=1S/C15H10FN3O3S/c16-12-5-3-11(4-6-12)14-17-18-15(22-14)23-9-10-1-7-13(8-2-10)19(20)21/h1-8H,9H2. The molecule has 2 aromatic carbocycles. The van der Waals surface area contributed by atoms with E-state index < -0.39 is 4.92 Å². The van der Waals surface area contributed by atoms with Crippen LogP contribution >= 0.6 is 11.8 Å². The van der Waals surface area contributed by atoms with E-state index in [1.54, 1.807) is 24.3 Å². The molecule has 1 heterocycles. The van der Waals surface area contributed by atoms with Crippen LogP contribution in [0.25, 0.3) is 11.5 Å². The fourth-order valence-electron chi connectivity index (χ4n) is 1.84. The second-order valence-electron chi connectivity index (χ2n) is 4.59. The third-order valence-electron chi connectivity index (χ3n) is 3.01. The van der Waals surface area contributed by atoms with Crippen LogP contribution in [0.5, 0.6) is 0 Å². The predicted molar refractivity (Wildman–Crippen MR) is 82.3 cm³/mol. The van der Waals surface area contributed by atoms with Gasteiger partial charge in [-0.3, -0.25) is 10.1 Å². The minimum Gasteiger partial charge on any atom is -0.411 e. The Hall–Kier alpha value is -2.74. The minimum atomic E-state index is -0.441. The highest BCUT2D eigenvalue weighted by molar-refractivity contribution is 7.98. The molecule has 1 aromatic heterocycles. The van der Waals surface area contributed by atoms with Crippen LogP contribution in [0, 0.1) is 15.9 Å². The molecular weight excluding hydrogens is 321 g/mol.